The fourth-order valence-electron chi connectivity index (χ4n) is 1.40. The van der Waals surface area contributed by atoms with Crippen LogP contribution in [0.1, 0.15) is 13.3 Å². The zero-order valence-electron chi connectivity index (χ0n) is 9.54. The van der Waals surface area contributed by atoms with Crippen LogP contribution in [0.4, 0.5) is 0 Å². The van der Waals surface area contributed by atoms with Crippen molar-refractivity contribution in [2.45, 2.75) is 23.6 Å². The Morgan fingerprint density at radius 1 is 1.59 bits per heavy atom. The second-order valence-electron chi connectivity index (χ2n) is 3.52. The molecule has 0 saturated heterocycles. The van der Waals surface area contributed by atoms with E-state index in [0.717, 1.165) is 15.2 Å². The van der Waals surface area contributed by atoms with Crippen LogP contribution in [0.5, 0.6) is 0 Å². The number of fused-ring (bicyclic) bond motifs is 1. The monoisotopic (exact) mass is 268 g/mol. The first-order valence-corrected chi connectivity index (χ1v) is 6.88. The first-order chi connectivity index (χ1) is 8.20. The first kappa shape index (κ1) is 12.3. The van der Waals surface area contributed by atoms with E-state index in [1.807, 2.05) is 18.4 Å². The molecule has 0 saturated carbocycles. The van der Waals surface area contributed by atoms with Crippen LogP contribution in [0.2, 0.25) is 0 Å². The van der Waals surface area contributed by atoms with Crippen molar-refractivity contribution in [3.05, 3.63) is 17.8 Å². The van der Waals surface area contributed by atoms with Crippen LogP contribution in [0.3, 0.4) is 0 Å². The minimum atomic E-state index is -0.193. The molecule has 0 N–H and O–H groups in total. The highest BCUT2D eigenvalue weighted by molar-refractivity contribution is 8.00. The van der Waals surface area contributed by atoms with Crippen LogP contribution >= 0.6 is 23.1 Å². The van der Waals surface area contributed by atoms with Gasteiger partial charge in [-0.1, -0.05) is 6.92 Å². The third-order valence-electron chi connectivity index (χ3n) is 2.21. The van der Waals surface area contributed by atoms with Gasteiger partial charge in [-0.25, -0.2) is 9.97 Å². The molecule has 0 amide bonds. The number of hydrogen-bond donors (Lipinski definition) is 0. The van der Waals surface area contributed by atoms with Gasteiger partial charge < -0.3 is 4.74 Å². The molecule has 0 aliphatic heterocycles. The van der Waals surface area contributed by atoms with Crippen molar-refractivity contribution in [1.82, 2.24) is 9.97 Å². The Labute approximate surface area is 107 Å². The lowest BCUT2D eigenvalue weighted by Gasteiger charge is -2.09. The van der Waals surface area contributed by atoms with Crippen molar-refractivity contribution in [3.63, 3.8) is 0 Å². The number of aromatic nitrogens is 2. The molecule has 6 heteroatoms. The zero-order chi connectivity index (χ0) is 12.3. The molecule has 0 fully saturated rings. The molecular weight excluding hydrogens is 256 g/mol. The summed E-state index contributed by atoms with van der Waals surface area (Å²) >= 11 is 3.20. The Morgan fingerprint density at radius 2 is 2.41 bits per heavy atom. The van der Waals surface area contributed by atoms with Crippen molar-refractivity contribution >= 4 is 39.3 Å². The summed E-state index contributed by atoms with van der Waals surface area (Å²) in [7, 11) is 1.40. The normalized spacial score (nSPS) is 12.6. The molecular formula is C11H12N2O2S2. The molecule has 17 heavy (non-hydrogen) atoms. The van der Waals surface area contributed by atoms with Crippen molar-refractivity contribution in [2.75, 3.05) is 7.11 Å². The smallest absolute Gasteiger partial charge is 0.306 e. The molecule has 0 aliphatic rings. The molecule has 1 atom stereocenters. The third-order valence-corrected chi connectivity index (χ3v) is 4.35. The zero-order valence-corrected chi connectivity index (χ0v) is 11.2. The van der Waals surface area contributed by atoms with Gasteiger partial charge in [-0.3, -0.25) is 4.79 Å². The predicted octanol–water partition coefficient (Wildman–Crippen LogP) is 2.74. The molecule has 2 rings (SSSR count). The lowest BCUT2D eigenvalue weighted by Crippen LogP contribution is -2.08. The Morgan fingerprint density at radius 3 is 3.18 bits per heavy atom. The van der Waals surface area contributed by atoms with Gasteiger partial charge in [-0.05, 0) is 11.4 Å². The highest BCUT2D eigenvalue weighted by Gasteiger charge is 2.14. The minimum Gasteiger partial charge on any atom is -0.469 e. The number of rotatable bonds is 4. The van der Waals surface area contributed by atoms with Gasteiger partial charge in [-0.15, -0.1) is 23.1 Å². The van der Waals surface area contributed by atoms with Gasteiger partial charge in [0, 0.05) is 5.25 Å². The molecule has 90 valence electrons. The molecule has 2 heterocycles. The highest BCUT2D eigenvalue weighted by Crippen LogP contribution is 2.32. The maximum absolute atomic E-state index is 11.2. The van der Waals surface area contributed by atoms with Gasteiger partial charge in [0.25, 0.3) is 0 Å². The summed E-state index contributed by atoms with van der Waals surface area (Å²) in [5.41, 5.74) is 0.956. The summed E-state index contributed by atoms with van der Waals surface area (Å²) in [4.78, 5) is 19.6. The van der Waals surface area contributed by atoms with Gasteiger partial charge in [-0.2, -0.15) is 0 Å². The molecule has 4 nitrogen and oxygen atoms in total. The fraction of sp³-hybridized carbons (Fsp3) is 0.364. The van der Waals surface area contributed by atoms with E-state index in [2.05, 4.69) is 14.7 Å². The van der Waals surface area contributed by atoms with Crippen LogP contribution in [-0.4, -0.2) is 28.3 Å². The number of esters is 1. The van der Waals surface area contributed by atoms with Crippen LogP contribution in [0.25, 0.3) is 10.2 Å². The standard InChI is InChI=1S/C11H12N2O2S2/c1-7(5-9(14)15-2)17-11-10-8(3-4-16-10)12-6-13-11/h3-4,6-7H,5H2,1-2H3. The summed E-state index contributed by atoms with van der Waals surface area (Å²) in [6.45, 7) is 1.99. The van der Waals surface area contributed by atoms with Gasteiger partial charge in [0.15, 0.2) is 0 Å². The summed E-state index contributed by atoms with van der Waals surface area (Å²) in [5, 5.41) is 3.07. The Kier molecular flexibility index (Phi) is 3.96. The Balaban J connectivity index is 2.12. The molecule has 0 radical (unpaired) electrons. The van der Waals surface area contributed by atoms with Gasteiger partial charge in [0.05, 0.1) is 23.7 Å². The molecule has 0 aliphatic carbocycles. The van der Waals surface area contributed by atoms with Gasteiger partial charge in [0.2, 0.25) is 0 Å². The maximum Gasteiger partial charge on any atom is 0.306 e. The minimum absolute atomic E-state index is 0.141. The second kappa shape index (κ2) is 5.46. The number of nitrogens with zero attached hydrogens (tertiary/aromatic N) is 2. The van der Waals surface area contributed by atoms with Gasteiger partial charge in [0.1, 0.15) is 11.4 Å². The average molecular weight is 268 g/mol. The van der Waals surface area contributed by atoms with E-state index in [1.165, 1.54) is 7.11 Å². The van der Waals surface area contributed by atoms with Crippen molar-refractivity contribution < 1.29 is 9.53 Å². The number of carbonyl (C=O) groups is 1. The highest BCUT2D eigenvalue weighted by atomic mass is 32.2. The van der Waals surface area contributed by atoms with Crippen LogP contribution < -0.4 is 0 Å². The van der Waals surface area contributed by atoms with E-state index in [1.54, 1.807) is 29.4 Å². The largest absolute Gasteiger partial charge is 0.469 e. The molecule has 1 unspecified atom stereocenters. The van der Waals surface area contributed by atoms with Crippen molar-refractivity contribution in [3.8, 4) is 0 Å². The van der Waals surface area contributed by atoms with E-state index in [9.17, 15) is 4.79 Å². The predicted molar refractivity (Wildman–Crippen MR) is 69.4 cm³/mol. The van der Waals surface area contributed by atoms with E-state index >= 15 is 0 Å². The van der Waals surface area contributed by atoms with Crippen LogP contribution in [0.15, 0.2) is 22.8 Å². The van der Waals surface area contributed by atoms with Crippen LogP contribution in [-0.2, 0) is 9.53 Å². The third kappa shape index (κ3) is 2.95. The van der Waals surface area contributed by atoms with E-state index in [-0.39, 0.29) is 11.2 Å². The Hall–Kier alpha value is -1.14. The number of hydrogen-bond acceptors (Lipinski definition) is 6. The number of ether oxygens (including phenoxy) is 1. The summed E-state index contributed by atoms with van der Waals surface area (Å²) < 4.78 is 5.73. The topological polar surface area (TPSA) is 52.1 Å². The lowest BCUT2D eigenvalue weighted by atomic mass is 10.3. The van der Waals surface area contributed by atoms with Crippen LogP contribution in [0, 0.1) is 0 Å². The first-order valence-electron chi connectivity index (χ1n) is 5.12. The molecule has 2 aromatic rings. The number of thiophene rings is 1. The summed E-state index contributed by atoms with van der Waals surface area (Å²) in [6.07, 6.45) is 1.94. The summed E-state index contributed by atoms with van der Waals surface area (Å²) in [6, 6.07) is 1.97. The summed E-state index contributed by atoms with van der Waals surface area (Å²) in [5.74, 6) is -0.193. The SMILES string of the molecule is COC(=O)CC(C)Sc1ncnc2ccsc12. The van der Waals surface area contributed by atoms with Crippen molar-refractivity contribution in [1.29, 1.82) is 0 Å². The number of thioether (sulfide) groups is 1. The molecule has 2 aromatic heterocycles. The van der Waals surface area contributed by atoms with E-state index < -0.39 is 0 Å². The Bertz CT molecular complexity index is 527. The van der Waals surface area contributed by atoms with Crippen molar-refractivity contribution in [2.24, 2.45) is 0 Å². The lowest BCUT2D eigenvalue weighted by molar-refractivity contribution is -0.140. The number of carbonyl (C=O) groups excluding carboxylic acids is 1. The van der Waals surface area contributed by atoms with E-state index in [0.29, 0.717) is 6.42 Å². The van der Waals surface area contributed by atoms with Gasteiger partial charge >= 0.3 is 5.97 Å². The fourth-order valence-corrected chi connectivity index (χ4v) is 3.34. The molecule has 0 aromatic carbocycles. The molecule has 0 spiro atoms. The quantitative estimate of drug-likeness (QED) is 0.485. The maximum atomic E-state index is 11.2. The van der Waals surface area contributed by atoms with E-state index in [4.69, 9.17) is 0 Å². The average Bonchev–Trinajstić information content (AvgIpc) is 2.78. The second-order valence-corrected chi connectivity index (χ2v) is 5.87. The molecule has 0 bridgehead atoms. The number of methoxy groups -OCH3 is 1.